The van der Waals surface area contributed by atoms with Crippen molar-refractivity contribution in [3.63, 3.8) is 0 Å². The first kappa shape index (κ1) is 13.9. The number of nitrogens with one attached hydrogen (secondary N) is 1. The molecule has 2 N–H and O–H groups in total. The van der Waals surface area contributed by atoms with E-state index in [2.05, 4.69) is 17.4 Å². The Labute approximate surface area is 124 Å². The van der Waals surface area contributed by atoms with Gasteiger partial charge in [0.15, 0.2) is 17.6 Å². The molecule has 21 heavy (non-hydrogen) atoms. The van der Waals surface area contributed by atoms with E-state index in [1.165, 1.54) is 5.56 Å². The summed E-state index contributed by atoms with van der Waals surface area (Å²) in [5.41, 5.74) is 1.19. The van der Waals surface area contributed by atoms with Gasteiger partial charge >= 0.3 is 0 Å². The van der Waals surface area contributed by atoms with Gasteiger partial charge in [-0.25, -0.2) is 0 Å². The molecule has 0 bridgehead atoms. The summed E-state index contributed by atoms with van der Waals surface area (Å²) >= 11 is 0. The van der Waals surface area contributed by atoms with Crippen molar-refractivity contribution in [2.45, 2.75) is 18.8 Å². The van der Waals surface area contributed by atoms with E-state index in [0.29, 0.717) is 18.9 Å². The third-order valence-electron chi connectivity index (χ3n) is 3.49. The molecule has 2 unspecified atom stereocenters. The number of hydrogen-bond acceptors (Lipinski definition) is 4. The van der Waals surface area contributed by atoms with Crippen LogP contribution in [0.15, 0.2) is 54.6 Å². The highest BCUT2D eigenvalue weighted by Gasteiger charge is 2.27. The van der Waals surface area contributed by atoms with Crippen LogP contribution in [0.2, 0.25) is 0 Å². The van der Waals surface area contributed by atoms with Gasteiger partial charge < -0.3 is 19.9 Å². The fourth-order valence-electron chi connectivity index (χ4n) is 2.32. The summed E-state index contributed by atoms with van der Waals surface area (Å²) in [4.78, 5) is 0. The molecule has 0 radical (unpaired) electrons. The average molecular weight is 285 g/mol. The van der Waals surface area contributed by atoms with E-state index in [0.717, 1.165) is 12.3 Å². The topological polar surface area (TPSA) is 50.7 Å². The fourth-order valence-corrected chi connectivity index (χ4v) is 2.32. The van der Waals surface area contributed by atoms with Crippen molar-refractivity contribution >= 4 is 0 Å². The molecule has 0 spiro atoms. The van der Waals surface area contributed by atoms with Crippen molar-refractivity contribution in [1.82, 2.24) is 5.32 Å². The zero-order valence-electron chi connectivity index (χ0n) is 11.7. The molecule has 4 nitrogen and oxygen atoms in total. The van der Waals surface area contributed by atoms with Crippen molar-refractivity contribution in [1.29, 1.82) is 0 Å². The van der Waals surface area contributed by atoms with E-state index >= 15 is 0 Å². The van der Waals surface area contributed by atoms with Gasteiger partial charge in [-0.15, -0.1) is 0 Å². The number of para-hydroxylation sites is 2. The lowest BCUT2D eigenvalue weighted by Crippen LogP contribution is -2.44. The van der Waals surface area contributed by atoms with E-state index in [4.69, 9.17) is 9.47 Å². The lowest BCUT2D eigenvalue weighted by atomic mass is 10.1. The molecule has 1 aliphatic heterocycles. The molecule has 1 aliphatic rings. The van der Waals surface area contributed by atoms with Gasteiger partial charge in [0, 0.05) is 13.1 Å². The Balaban J connectivity index is 1.49. The van der Waals surface area contributed by atoms with Crippen molar-refractivity contribution in [2.75, 3.05) is 13.2 Å². The van der Waals surface area contributed by atoms with Crippen LogP contribution >= 0.6 is 0 Å². The first-order valence-corrected chi connectivity index (χ1v) is 7.14. The largest absolute Gasteiger partial charge is 0.486 e. The van der Waals surface area contributed by atoms with Crippen molar-refractivity contribution < 1.29 is 14.6 Å². The van der Waals surface area contributed by atoms with Gasteiger partial charge in [0.1, 0.15) is 12.7 Å². The number of hydrogen-bond donors (Lipinski definition) is 2. The third kappa shape index (κ3) is 3.54. The van der Waals surface area contributed by atoms with Crippen molar-refractivity contribution in [2.24, 2.45) is 0 Å². The molecule has 0 aliphatic carbocycles. The minimum absolute atomic E-state index is 0.344. The maximum atomic E-state index is 10.2. The van der Waals surface area contributed by atoms with Crippen LogP contribution in [0.5, 0.6) is 11.5 Å². The quantitative estimate of drug-likeness (QED) is 0.882. The highest BCUT2D eigenvalue weighted by Crippen LogP contribution is 2.31. The number of aliphatic hydroxyl groups is 1. The number of aliphatic hydroxyl groups excluding tert-OH is 1. The van der Waals surface area contributed by atoms with E-state index in [1.54, 1.807) is 0 Å². The Kier molecular flexibility index (Phi) is 4.38. The highest BCUT2D eigenvalue weighted by molar-refractivity contribution is 5.40. The van der Waals surface area contributed by atoms with Crippen LogP contribution in [0.25, 0.3) is 0 Å². The summed E-state index contributed by atoms with van der Waals surface area (Å²) in [6.07, 6.45) is -0.953. The average Bonchev–Trinajstić information content (AvgIpc) is 2.55. The maximum absolute atomic E-state index is 10.2. The summed E-state index contributed by atoms with van der Waals surface area (Å²) in [6, 6.07) is 17.6. The Morgan fingerprint density at radius 3 is 2.57 bits per heavy atom. The van der Waals surface area contributed by atoms with Crippen molar-refractivity contribution in [3.05, 3.63) is 60.2 Å². The van der Waals surface area contributed by atoms with Crippen LogP contribution < -0.4 is 14.8 Å². The molecule has 1 heterocycles. The molecule has 2 atom stereocenters. The van der Waals surface area contributed by atoms with Gasteiger partial charge in [-0.2, -0.15) is 0 Å². The molecule has 0 amide bonds. The maximum Gasteiger partial charge on any atom is 0.161 e. The molecular formula is C17H19NO3. The molecule has 110 valence electrons. The molecule has 0 fully saturated rings. The van der Waals surface area contributed by atoms with Crippen LogP contribution in [0.4, 0.5) is 0 Å². The molecule has 3 rings (SSSR count). The van der Waals surface area contributed by atoms with E-state index in [1.807, 2.05) is 42.5 Å². The summed E-state index contributed by atoms with van der Waals surface area (Å²) < 4.78 is 11.4. The van der Waals surface area contributed by atoms with Gasteiger partial charge in [-0.1, -0.05) is 42.5 Å². The molecule has 2 aromatic carbocycles. The highest BCUT2D eigenvalue weighted by atomic mass is 16.6. The summed E-state index contributed by atoms with van der Waals surface area (Å²) in [7, 11) is 0. The van der Waals surface area contributed by atoms with Gasteiger partial charge in [0.25, 0.3) is 0 Å². The fraction of sp³-hybridized carbons (Fsp3) is 0.294. The molecule has 0 aromatic heterocycles. The van der Waals surface area contributed by atoms with E-state index in [-0.39, 0.29) is 6.10 Å². The zero-order chi connectivity index (χ0) is 14.5. The zero-order valence-corrected chi connectivity index (χ0v) is 11.7. The number of fused-ring (bicyclic) bond motifs is 1. The standard InChI is InChI=1S/C17H19NO3/c19-14(11-18-10-13-6-2-1-3-7-13)17-12-20-15-8-4-5-9-16(15)21-17/h1-9,14,17-19H,10-12H2. The molecular weight excluding hydrogens is 266 g/mol. The third-order valence-corrected chi connectivity index (χ3v) is 3.49. The predicted octanol–water partition coefficient (Wildman–Crippen LogP) is 1.98. The van der Waals surface area contributed by atoms with Gasteiger partial charge in [-0.05, 0) is 17.7 Å². The van der Waals surface area contributed by atoms with E-state index < -0.39 is 6.10 Å². The molecule has 0 saturated carbocycles. The lowest BCUT2D eigenvalue weighted by molar-refractivity contribution is -0.00918. The van der Waals surface area contributed by atoms with Gasteiger partial charge in [0.2, 0.25) is 0 Å². The van der Waals surface area contributed by atoms with Crippen LogP contribution in [0, 0.1) is 0 Å². The monoisotopic (exact) mass is 285 g/mol. The number of ether oxygens (including phenoxy) is 2. The first-order valence-electron chi connectivity index (χ1n) is 7.14. The molecule has 0 saturated heterocycles. The second-order valence-corrected chi connectivity index (χ2v) is 5.10. The Hall–Kier alpha value is -2.04. The Bertz CT molecular complexity index is 573. The first-order chi connectivity index (χ1) is 10.3. The minimum atomic E-state index is -0.609. The van der Waals surface area contributed by atoms with Crippen LogP contribution in [0.1, 0.15) is 5.56 Å². The number of benzene rings is 2. The smallest absolute Gasteiger partial charge is 0.161 e. The van der Waals surface area contributed by atoms with Crippen LogP contribution in [-0.2, 0) is 6.54 Å². The van der Waals surface area contributed by atoms with Crippen LogP contribution in [0.3, 0.4) is 0 Å². The van der Waals surface area contributed by atoms with E-state index in [9.17, 15) is 5.11 Å². The summed E-state index contributed by atoms with van der Waals surface area (Å²) in [5, 5.41) is 13.4. The number of rotatable bonds is 5. The Morgan fingerprint density at radius 1 is 1.05 bits per heavy atom. The van der Waals surface area contributed by atoms with Gasteiger partial charge in [-0.3, -0.25) is 0 Å². The minimum Gasteiger partial charge on any atom is -0.486 e. The second kappa shape index (κ2) is 6.61. The summed E-state index contributed by atoms with van der Waals surface area (Å²) in [5.74, 6) is 1.43. The van der Waals surface area contributed by atoms with Gasteiger partial charge in [0.05, 0.1) is 0 Å². The molecule has 4 heteroatoms. The predicted molar refractivity (Wildman–Crippen MR) is 80.5 cm³/mol. The summed E-state index contributed by atoms with van der Waals surface area (Å²) in [6.45, 7) is 1.55. The lowest BCUT2D eigenvalue weighted by Gasteiger charge is -2.29. The van der Waals surface area contributed by atoms with Crippen LogP contribution in [-0.4, -0.2) is 30.5 Å². The SMILES string of the molecule is OC(CNCc1ccccc1)C1COc2ccccc2O1. The second-order valence-electron chi connectivity index (χ2n) is 5.10. The molecule has 2 aromatic rings. The van der Waals surface area contributed by atoms with Crippen molar-refractivity contribution in [3.8, 4) is 11.5 Å². The Morgan fingerprint density at radius 2 is 1.76 bits per heavy atom. The normalized spacial score (nSPS) is 18.2.